The maximum Gasteiger partial charge on any atom is 0.264 e. The fraction of sp³-hybridized carbons (Fsp3) is 0.235. The number of sulfonamides is 1. The van der Waals surface area contributed by atoms with Gasteiger partial charge in [-0.3, -0.25) is 13.9 Å². The number of carbonyl (C=O) groups excluding carboxylic acids is 2. The standard InChI is InChI=1S/C34H35Cl2N3O6S/c1-4-37-34(41)31(19-24-11-7-5-8-12-24)38(22-25-15-16-26(35)20-29(25)36)33(40)23-39(46(42,43)28-13-9-6-10-14-28)30-21-27(44-2)17-18-32(30)45-3/h5-18,20-21,31H,4,19,22-23H2,1-3H3,(H,37,41)/t31-/m0/s1. The van der Waals surface area contributed by atoms with Gasteiger partial charge in [-0.2, -0.15) is 0 Å². The molecule has 12 heteroatoms. The summed E-state index contributed by atoms with van der Waals surface area (Å²) in [7, 11) is -1.48. The van der Waals surface area contributed by atoms with Gasteiger partial charge in [0, 0.05) is 35.6 Å². The van der Waals surface area contributed by atoms with Crippen molar-refractivity contribution in [3.05, 3.63) is 118 Å². The lowest BCUT2D eigenvalue weighted by Crippen LogP contribution is -2.53. The van der Waals surface area contributed by atoms with E-state index < -0.39 is 34.4 Å². The Bertz CT molecular complexity index is 1760. The van der Waals surface area contributed by atoms with Crippen LogP contribution >= 0.6 is 23.2 Å². The van der Waals surface area contributed by atoms with Crippen LogP contribution in [0.25, 0.3) is 0 Å². The molecule has 9 nitrogen and oxygen atoms in total. The van der Waals surface area contributed by atoms with Gasteiger partial charge in [-0.05, 0) is 54.4 Å². The van der Waals surface area contributed by atoms with Crippen molar-refractivity contribution >= 4 is 50.7 Å². The molecule has 0 aliphatic rings. The molecular formula is C34H35Cl2N3O6S. The van der Waals surface area contributed by atoms with Crippen LogP contribution in [0.15, 0.2) is 102 Å². The van der Waals surface area contributed by atoms with Crippen molar-refractivity contribution in [3.63, 3.8) is 0 Å². The molecule has 0 bridgehead atoms. The predicted octanol–water partition coefficient (Wildman–Crippen LogP) is 5.98. The van der Waals surface area contributed by atoms with Crippen molar-refractivity contribution in [2.45, 2.75) is 30.8 Å². The van der Waals surface area contributed by atoms with Crippen LogP contribution in [0.3, 0.4) is 0 Å². The van der Waals surface area contributed by atoms with E-state index in [4.69, 9.17) is 32.7 Å². The Balaban J connectivity index is 1.87. The lowest BCUT2D eigenvalue weighted by molar-refractivity contribution is -0.140. The van der Waals surface area contributed by atoms with Gasteiger partial charge in [-0.25, -0.2) is 8.42 Å². The van der Waals surface area contributed by atoms with Crippen molar-refractivity contribution in [3.8, 4) is 11.5 Å². The first-order chi connectivity index (χ1) is 22.1. The molecule has 0 unspecified atom stereocenters. The zero-order chi connectivity index (χ0) is 33.3. The summed E-state index contributed by atoms with van der Waals surface area (Å²) in [6.45, 7) is 1.33. The molecule has 242 valence electrons. The molecule has 46 heavy (non-hydrogen) atoms. The second kappa shape index (κ2) is 15.8. The Labute approximate surface area is 279 Å². The third kappa shape index (κ3) is 8.31. The maximum atomic E-state index is 14.6. The Hall–Kier alpha value is -4.25. The van der Waals surface area contributed by atoms with Crippen LogP contribution in [0.5, 0.6) is 11.5 Å². The van der Waals surface area contributed by atoms with Gasteiger partial charge in [0.1, 0.15) is 24.1 Å². The molecule has 0 saturated heterocycles. The molecule has 2 amide bonds. The van der Waals surface area contributed by atoms with Gasteiger partial charge in [-0.15, -0.1) is 0 Å². The number of halogens is 2. The van der Waals surface area contributed by atoms with Crippen LogP contribution in [0, 0.1) is 0 Å². The van der Waals surface area contributed by atoms with Crippen molar-refractivity contribution in [2.75, 3.05) is 31.6 Å². The third-order valence-electron chi connectivity index (χ3n) is 7.24. The second-order valence-corrected chi connectivity index (χ2v) is 12.9. The maximum absolute atomic E-state index is 14.6. The van der Waals surface area contributed by atoms with Gasteiger partial charge in [0.25, 0.3) is 10.0 Å². The van der Waals surface area contributed by atoms with Crippen LogP contribution in [-0.2, 0) is 32.6 Å². The van der Waals surface area contributed by atoms with Gasteiger partial charge in [0.2, 0.25) is 11.8 Å². The molecule has 4 rings (SSSR count). The fourth-order valence-corrected chi connectivity index (χ4v) is 6.81. The minimum atomic E-state index is -4.34. The molecular weight excluding hydrogens is 649 g/mol. The van der Waals surface area contributed by atoms with Gasteiger partial charge in [0.05, 0.1) is 24.8 Å². The van der Waals surface area contributed by atoms with Crippen molar-refractivity contribution < 1.29 is 27.5 Å². The molecule has 0 fully saturated rings. The molecule has 1 N–H and O–H groups in total. The SMILES string of the molecule is CCNC(=O)[C@H](Cc1ccccc1)N(Cc1ccc(Cl)cc1Cl)C(=O)CN(c1cc(OC)ccc1OC)S(=O)(=O)c1ccccc1. The first kappa shape index (κ1) is 34.6. The Morgan fingerprint density at radius 1 is 0.870 bits per heavy atom. The zero-order valence-electron chi connectivity index (χ0n) is 25.7. The largest absolute Gasteiger partial charge is 0.497 e. The minimum Gasteiger partial charge on any atom is -0.497 e. The van der Waals surface area contributed by atoms with E-state index in [-0.39, 0.29) is 29.3 Å². The molecule has 0 aliphatic heterocycles. The summed E-state index contributed by atoms with van der Waals surface area (Å²) >= 11 is 12.7. The fourth-order valence-electron chi connectivity index (χ4n) is 4.90. The number of nitrogens with one attached hydrogen (secondary N) is 1. The van der Waals surface area contributed by atoms with Crippen molar-refractivity contribution in [1.29, 1.82) is 0 Å². The molecule has 0 aromatic heterocycles. The summed E-state index contributed by atoms with van der Waals surface area (Å²) in [5.41, 5.74) is 1.42. The Morgan fingerprint density at radius 3 is 2.15 bits per heavy atom. The number of benzene rings is 4. The van der Waals surface area contributed by atoms with Crippen LogP contribution in [-0.4, -0.2) is 58.5 Å². The van der Waals surface area contributed by atoms with Crippen LogP contribution in [0.4, 0.5) is 5.69 Å². The highest BCUT2D eigenvalue weighted by atomic mass is 35.5. The molecule has 4 aromatic rings. The van der Waals surface area contributed by atoms with E-state index >= 15 is 0 Å². The monoisotopic (exact) mass is 683 g/mol. The number of rotatable bonds is 14. The highest BCUT2D eigenvalue weighted by Gasteiger charge is 2.36. The third-order valence-corrected chi connectivity index (χ3v) is 9.60. The summed E-state index contributed by atoms with van der Waals surface area (Å²) in [5.74, 6) is -0.501. The lowest BCUT2D eigenvalue weighted by Gasteiger charge is -2.34. The second-order valence-electron chi connectivity index (χ2n) is 10.2. The molecule has 0 saturated carbocycles. The molecule has 4 aromatic carbocycles. The van der Waals surface area contributed by atoms with E-state index in [1.165, 1.54) is 37.3 Å². The molecule has 0 aliphatic carbocycles. The van der Waals surface area contributed by atoms with E-state index in [1.54, 1.807) is 55.5 Å². The van der Waals surface area contributed by atoms with Crippen LogP contribution < -0.4 is 19.1 Å². The quantitative estimate of drug-likeness (QED) is 0.175. The summed E-state index contributed by atoms with van der Waals surface area (Å²) in [6.07, 6.45) is 0.164. The number of hydrogen-bond acceptors (Lipinski definition) is 6. The van der Waals surface area contributed by atoms with E-state index in [0.717, 1.165) is 9.87 Å². The number of ether oxygens (including phenoxy) is 2. The molecule has 0 radical (unpaired) electrons. The Kier molecular flexibility index (Phi) is 11.9. The van der Waals surface area contributed by atoms with Gasteiger partial charge in [0.15, 0.2) is 0 Å². The summed E-state index contributed by atoms with van der Waals surface area (Å²) in [4.78, 5) is 29.6. The first-order valence-electron chi connectivity index (χ1n) is 14.4. The van der Waals surface area contributed by atoms with Crippen LogP contribution in [0.2, 0.25) is 10.0 Å². The minimum absolute atomic E-state index is 0.0375. The number of nitrogens with zero attached hydrogens (tertiary/aromatic N) is 2. The lowest BCUT2D eigenvalue weighted by atomic mass is 10.0. The predicted molar refractivity (Wildman–Crippen MR) is 180 cm³/mol. The van der Waals surface area contributed by atoms with Crippen molar-refractivity contribution in [2.24, 2.45) is 0 Å². The number of carbonyl (C=O) groups is 2. The summed E-state index contributed by atoms with van der Waals surface area (Å²) in [5, 5.41) is 3.53. The van der Waals surface area contributed by atoms with Gasteiger partial charge < -0.3 is 19.7 Å². The molecule has 0 heterocycles. The van der Waals surface area contributed by atoms with E-state index in [0.29, 0.717) is 27.9 Å². The molecule has 1 atom stereocenters. The van der Waals surface area contributed by atoms with E-state index in [2.05, 4.69) is 5.32 Å². The summed E-state index contributed by atoms with van der Waals surface area (Å²) < 4.78 is 40.4. The first-order valence-corrected chi connectivity index (χ1v) is 16.6. The zero-order valence-corrected chi connectivity index (χ0v) is 28.0. The average molecular weight is 685 g/mol. The number of methoxy groups -OCH3 is 2. The average Bonchev–Trinajstić information content (AvgIpc) is 3.06. The van der Waals surface area contributed by atoms with E-state index in [9.17, 15) is 18.0 Å². The number of anilines is 1. The summed E-state index contributed by atoms with van der Waals surface area (Å²) in [6, 6.07) is 25.5. The smallest absolute Gasteiger partial charge is 0.264 e. The van der Waals surface area contributed by atoms with Gasteiger partial charge >= 0.3 is 0 Å². The number of hydrogen-bond donors (Lipinski definition) is 1. The highest BCUT2D eigenvalue weighted by molar-refractivity contribution is 7.92. The normalized spacial score (nSPS) is 11.8. The van der Waals surface area contributed by atoms with Crippen molar-refractivity contribution in [1.82, 2.24) is 10.2 Å². The molecule has 0 spiro atoms. The Morgan fingerprint density at radius 2 is 1.54 bits per heavy atom. The van der Waals surface area contributed by atoms with Gasteiger partial charge in [-0.1, -0.05) is 77.8 Å². The topological polar surface area (TPSA) is 105 Å². The highest BCUT2D eigenvalue weighted by Crippen LogP contribution is 2.36. The van der Waals surface area contributed by atoms with E-state index in [1.807, 2.05) is 30.3 Å². The number of likely N-dealkylation sites (N-methyl/N-ethyl adjacent to an activating group) is 1. The number of amides is 2. The van der Waals surface area contributed by atoms with Crippen LogP contribution in [0.1, 0.15) is 18.1 Å².